The molecule has 1 aliphatic carbocycles. The van der Waals surface area contributed by atoms with Crippen molar-refractivity contribution in [2.24, 2.45) is 0 Å². The summed E-state index contributed by atoms with van der Waals surface area (Å²) in [6.07, 6.45) is 4.22. The largest absolute Gasteiger partial charge is 0.325 e. The van der Waals surface area contributed by atoms with E-state index >= 15 is 0 Å². The Balaban J connectivity index is 2.75. The number of nitrogens with one attached hydrogen (secondary N) is 1. The smallest absolute Gasteiger partial charge is 0.266 e. The highest BCUT2D eigenvalue weighted by Crippen LogP contribution is 2.28. The summed E-state index contributed by atoms with van der Waals surface area (Å²) in [5.74, 6) is 0.240. The highest BCUT2D eigenvalue weighted by atomic mass is 16.1. The van der Waals surface area contributed by atoms with Crippen molar-refractivity contribution in [3.63, 3.8) is 0 Å². The average molecular weight is 216 g/mol. The topological polar surface area (TPSA) is 56.6 Å². The van der Waals surface area contributed by atoms with Crippen LogP contribution in [0.2, 0.25) is 0 Å². The van der Waals surface area contributed by atoms with Crippen LogP contribution < -0.4 is 5.56 Å². The highest BCUT2D eigenvalue weighted by Gasteiger charge is 2.21. The van der Waals surface area contributed by atoms with Crippen molar-refractivity contribution in [1.82, 2.24) is 4.98 Å². The Morgan fingerprint density at radius 1 is 1.31 bits per heavy atom. The van der Waals surface area contributed by atoms with Crippen molar-refractivity contribution in [2.75, 3.05) is 0 Å². The molecule has 0 aliphatic heterocycles. The molecule has 1 aliphatic rings. The minimum atomic E-state index is -0.216. The third-order valence-electron chi connectivity index (χ3n) is 3.24. The molecule has 0 amide bonds. The number of hydrogen-bond acceptors (Lipinski definition) is 2. The van der Waals surface area contributed by atoms with Gasteiger partial charge < -0.3 is 4.98 Å². The van der Waals surface area contributed by atoms with E-state index in [1.165, 1.54) is 5.56 Å². The van der Waals surface area contributed by atoms with E-state index in [9.17, 15) is 4.79 Å². The van der Waals surface area contributed by atoms with Gasteiger partial charge in [-0.05, 0) is 42.7 Å². The molecule has 1 aromatic rings. The monoisotopic (exact) mass is 216 g/mol. The zero-order valence-electron chi connectivity index (χ0n) is 9.76. The fraction of sp³-hybridized carbons (Fsp3) is 0.538. The summed E-state index contributed by atoms with van der Waals surface area (Å²) in [5.41, 5.74) is 3.35. The molecule has 0 saturated heterocycles. The third kappa shape index (κ3) is 1.65. The van der Waals surface area contributed by atoms with E-state index in [4.69, 9.17) is 5.26 Å². The Labute approximate surface area is 95.1 Å². The Morgan fingerprint density at radius 2 is 2.00 bits per heavy atom. The number of pyridine rings is 1. The zero-order valence-corrected chi connectivity index (χ0v) is 9.76. The second-order valence-electron chi connectivity index (χ2n) is 4.67. The van der Waals surface area contributed by atoms with Crippen LogP contribution in [0.4, 0.5) is 0 Å². The average Bonchev–Trinajstić information content (AvgIpc) is 2.26. The first kappa shape index (κ1) is 10.9. The number of nitriles is 1. The lowest BCUT2D eigenvalue weighted by Gasteiger charge is -2.21. The van der Waals surface area contributed by atoms with Crippen molar-refractivity contribution in [2.45, 2.75) is 45.4 Å². The molecule has 0 bridgehead atoms. The van der Waals surface area contributed by atoms with Crippen LogP contribution in [0, 0.1) is 11.3 Å². The lowest BCUT2D eigenvalue weighted by molar-refractivity contribution is 0.648. The maximum absolute atomic E-state index is 11.8. The fourth-order valence-electron chi connectivity index (χ4n) is 2.56. The molecule has 1 heterocycles. The van der Waals surface area contributed by atoms with E-state index in [-0.39, 0.29) is 11.5 Å². The van der Waals surface area contributed by atoms with E-state index < -0.39 is 0 Å². The number of fused-ring (bicyclic) bond motifs is 1. The van der Waals surface area contributed by atoms with Crippen molar-refractivity contribution in [1.29, 1.82) is 5.26 Å². The number of aromatic amines is 1. The standard InChI is InChI=1S/C13H16N2O/c1-8(2)12-9-5-3-4-6-11(9)15-13(16)10(12)7-14/h8H,3-6H2,1-2H3,(H,15,16). The number of aryl methyl sites for hydroxylation is 1. The van der Waals surface area contributed by atoms with Gasteiger partial charge in [0.2, 0.25) is 0 Å². The summed E-state index contributed by atoms with van der Waals surface area (Å²) in [5, 5.41) is 9.08. The molecule has 0 aromatic carbocycles. The van der Waals surface area contributed by atoms with Gasteiger partial charge in [0.25, 0.3) is 5.56 Å². The summed E-state index contributed by atoms with van der Waals surface area (Å²) in [6, 6.07) is 2.05. The van der Waals surface area contributed by atoms with Gasteiger partial charge in [0, 0.05) is 5.69 Å². The van der Waals surface area contributed by atoms with Gasteiger partial charge in [0.1, 0.15) is 11.6 Å². The van der Waals surface area contributed by atoms with Crippen molar-refractivity contribution in [3.05, 3.63) is 32.7 Å². The summed E-state index contributed by atoms with van der Waals surface area (Å²) in [6.45, 7) is 4.09. The summed E-state index contributed by atoms with van der Waals surface area (Å²) < 4.78 is 0. The van der Waals surface area contributed by atoms with Gasteiger partial charge in [-0.25, -0.2) is 0 Å². The van der Waals surface area contributed by atoms with Crippen LogP contribution in [0.1, 0.15) is 55.0 Å². The molecule has 2 rings (SSSR count). The molecule has 1 aromatic heterocycles. The molecule has 0 radical (unpaired) electrons. The van der Waals surface area contributed by atoms with Crippen molar-refractivity contribution < 1.29 is 0 Å². The molecular formula is C13H16N2O. The highest BCUT2D eigenvalue weighted by molar-refractivity contribution is 5.45. The van der Waals surface area contributed by atoms with Crippen LogP contribution in [0.25, 0.3) is 0 Å². The Kier molecular flexibility index (Phi) is 2.82. The number of hydrogen-bond donors (Lipinski definition) is 1. The van der Waals surface area contributed by atoms with E-state index in [0.29, 0.717) is 5.56 Å². The van der Waals surface area contributed by atoms with Crippen LogP contribution in [0.15, 0.2) is 4.79 Å². The Bertz CT molecular complexity index is 506. The van der Waals surface area contributed by atoms with E-state index in [0.717, 1.165) is 36.9 Å². The Morgan fingerprint density at radius 3 is 2.62 bits per heavy atom. The SMILES string of the molecule is CC(C)c1c2c([nH]c(=O)c1C#N)CCCC2. The van der Waals surface area contributed by atoms with Gasteiger partial charge >= 0.3 is 0 Å². The maximum Gasteiger partial charge on any atom is 0.266 e. The maximum atomic E-state index is 11.8. The minimum Gasteiger partial charge on any atom is -0.325 e. The number of nitrogens with zero attached hydrogens (tertiary/aromatic N) is 1. The second-order valence-corrected chi connectivity index (χ2v) is 4.67. The molecule has 0 fully saturated rings. The quantitative estimate of drug-likeness (QED) is 0.782. The molecule has 0 spiro atoms. The molecule has 0 saturated carbocycles. The van der Waals surface area contributed by atoms with E-state index in [1.54, 1.807) is 0 Å². The molecule has 3 heteroatoms. The molecule has 16 heavy (non-hydrogen) atoms. The first-order valence-corrected chi connectivity index (χ1v) is 5.83. The van der Waals surface area contributed by atoms with Crippen LogP contribution in [-0.4, -0.2) is 4.98 Å². The van der Waals surface area contributed by atoms with Crippen molar-refractivity contribution >= 4 is 0 Å². The molecule has 0 unspecified atom stereocenters. The van der Waals surface area contributed by atoms with Gasteiger partial charge in [0.15, 0.2) is 0 Å². The van der Waals surface area contributed by atoms with Crippen LogP contribution >= 0.6 is 0 Å². The zero-order chi connectivity index (χ0) is 11.7. The van der Waals surface area contributed by atoms with Gasteiger partial charge in [0.05, 0.1) is 0 Å². The van der Waals surface area contributed by atoms with Gasteiger partial charge in [-0.15, -0.1) is 0 Å². The van der Waals surface area contributed by atoms with Gasteiger partial charge in [-0.3, -0.25) is 4.79 Å². The number of rotatable bonds is 1. The minimum absolute atomic E-state index is 0.216. The van der Waals surface area contributed by atoms with Crippen LogP contribution in [0.5, 0.6) is 0 Å². The lowest BCUT2D eigenvalue weighted by Crippen LogP contribution is -2.22. The molecular weight excluding hydrogens is 200 g/mol. The summed E-state index contributed by atoms with van der Waals surface area (Å²) >= 11 is 0. The predicted molar refractivity (Wildman–Crippen MR) is 62.5 cm³/mol. The lowest BCUT2D eigenvalue weighted by atomic mass is 9.85. The second kappa shape index (κ2) is 4.13. The number of aromatic nitrogens is 1. The van der Waals surface area contributed by atoms with E-state index in [1.807, 2.05) is 13.8 Å². The first-order valence-electron chi connectivity index (χ1n) is 5.83. The molecule has 84 valence electrons. The fourth-order valence-corrected chi connectivity index (χ4v) is 2.56. The van der Waals surface area contributed by atoms with E-state index in [2.05, 4.69) is 11.1 Å². The van der Waals surface area contributed by atoms with Gasteiger partial charge in [-0.1, -0.05) is 13.8 Å². The van der Waals surface area contributed by atoms with Crippen LogP contribution in [0.3, 0.4) is 0 Å². The summed E-state index contributed by atoms with van der Waals surface area (Å²) in [7, 11) is 0. The Hall–Kier alpha value is -1.56. The third-order valence-corrected chi connectivity index (χ3v) is 3.24. The van der Waals surface area contributed by atoms with Gasteiger partial charge in [-0.2, -0.15) is 5.26 Å². The first-order chi connectivity index (χ1) is 7.65. The normalized spacial score (nSPS) is 14.6. The predicted octanol–water partition coefficient (Wildman–Crippen LogP) is 2.25. The molecule has 0 atom stereocenters. The molecule has 3 nitrogen and oxygen atoms in total. The van der Waals surface area contributed by atoms with Crippen molar-refractivity contribution in [3.8, 4) is 6.07 Å². The molecule has 1 N–H and O–H groups in total. The summed E-state index contributed by atoms with van der Waals surface area (Å²) in [4.78, 5) is 14.6. The van der Waals surface area contributed by atoms with Crippen LogP contribution in [-0.2, 0) is 12.8 Å². The number of H-pyrrole nitrogens is 1.